The molecule has 0 atom stereocenters. The van der Waals surface area contributed by atoms with Gasteiger partial charge >= 0.3 is 0 Å². The van der Waals surface area contributed by atoms with E-state index in [0.717, 1.165) is 32.0 Å². The maximum absolute atomic E-state index is 5.01. The number of nitrogens with one attached hydrogen (secondary N) is 2. The molecule has 0 bridgehead atoms. The molecule has 7 heteroatoms. The highest BCUT2D eigenvalue weighted by Crippen LogP contribution is 2.01. The number of ether oxygens (including phenoxy) is 1. The molecule has 6 nitrogen and oxygen atoms in total. The minimum atomic E-state index is 0. The Morgan fingerprint density at radius 3 is 2.62 bits per heavy atom. The molecule has 0 spiro atoms. The van der Waals surface area contributed by atoms with Gasteiger partial charge < -0.3 is 25.2 Å². The molecule has 126 valence electrons. The van der Waals surface area contributed by atoms with Crippen molar-refractivity contribution in [3.63, 3.8) is 0 Å². The summed E-state index contributed by atoms with van der Waals surface area (Å²) in [5.41, 5.74) is 0. The van der Waals surface area contributed by atoms with Crippen LogP contribution in [0.3, 0.4) is 0 Å². The van der Waals surface area contributed by atoms with E-state index in [-0.39, 0.29) is 24.0 Å². The fourth-order valence-corrected chi connectivity index (χ4v) is 2.33. The topological polar surface area (TPSA) is 52.1 Å². The van der Waals surface area contributed by atoms with E-state index in [1.165, 1.54) is 32.6 Å². The second-order valence-corrected chi connectivity index (χ2v) is 5.27. The van der Waals surface area contributed by atoms with Crippen LogP contribution in [0, 0.1) is 0 Å². The van der Waals surface area contributed by atoms with E-state index in [2.05, 4.69) is 32.5 Å². The summed E-state index contributed by atoms with van der Waals surface area (Å²) >= 11 is 0. The summed E-state index contributed by atoms with van der Waals surface area (Å²) in [5, 5.41) is 6.56. The first-order chi connectivity index (χ1) is 9.76. The van der Waals surface area contributed by atoms with Crippen molar-refractivity contribution in [2.45, 2.75) is 12.8 Å². The Morgan fingerprint density at radius 2 is 1.90 bits per heavy atom. The largest absolute Gasteiger partial charge is 0.383 e. The highest BCUT2D eigenvalue weighted by Gasteiger charge is 2.11. The molecule has 0 aromatic carbocycles. The fourth-order valence-electron chi connectivity index (χ4n) is 2.33. The molecule has 0 aromatic rings. The van der Waals surface area contributed by atoms with Gasteiger partial charge in [0, 0.05) is 40.3 Å². The maximum atomic E-state index is 5.01. The van der Waals surface area contributed by atoms with Crippen molar-refractivity contribution in [2.75, 3.05) is 73.6 Å². The number of nitrogens with zero attached hydrogens (tertiary/aromatic N) is 3. The number of methoxy groups -OCH3 is 1. The summed E-state index contributed by atoms with van der Waals surface area (Å²) in [4.78, 5) is 9.17. The molecular weight excluding hydrogens is 381 g/mol. The van der Waals surface area contributed by atoms with Gasteiger partial charge in [-0.3, -0.25) is 4.99 Å². The van der Waals surface area contributed by atoms with Gasteiger partial charge in [0.1, 0.15) is 0 Å². The molecule has 1 aliphatic heterocycles. The van der Waals surface area contributed by atoms with Crippen LogP contribution in [0.2, 0.25) is 0 Å². The summed E-state index contributed by atoms with van der Waals surface area (Å²) in [6.45, 7) is 8.44. The molecule has 0 radical (unpaired) electrons. The van der Waals surface area contributed by atoms with Crippen molar-refractivity contribution in [3.05, 3.63) is 0 Å². The molecule has 0 aromatic heterocycles. The lowest BCUT2D eigenvalue weighted by atomic mass is 10.3. The van der Waals surface area contributed by atoms with Gasteiger partial charge in [0.2, 0.25) is 0 Å². The summed E-state index contributed by atoms with van der Waals surface area (Å²) in [7, 11) is 5.71. The quantitative estimate of drug-likeness (QED) is 0.275. The van der Waals surface area contributed by atoms with Crippen LogP contribution < -0.4 is 10.6 Å². The van der Waals surface area contributed by atoms with Crippen LogP contribution in [-0.2, 0) is 4.74 Å². The molecular formula is C14H32IN5O. The lowest BCUT2D eigenvalue weighted by Gasteiger charge is -2.20. The lowest BCUT2D eigenvalue weighted by Crippen LogP contribution is -2.40. The summed E-state index contributed by atoms with van der Waals surface area (Å²) in [6.07, 6.45) is 2.43. The zero-order valence-electron chi connectivity index (χ0n) is 13.7. The predicted molar refractivity (Wildman–Crippen MR) is 99.8 cm³/mol. The van der Waals surface area contributed by atoms with E-state index in [1.54, 1.807) is 14.2 Å². The first-order valence-corrected chi connectivity index (χ1v) is 7.60. The van der Waals surface area contributed by atoms with E-state index >= 15 is 0 Å². The first-order valence-electron chi connectivity index (χ1n) is 7.60. The number of hydrogen-bond donors (Lipinski definition) is 2. The van der Waals surface area contributed by atoms with Gasteiger partial charge in [0.05, 0.1) is 6.61 Å². The third-order valence-corrected chi connectivity index (χ3v) is 3.58. The molecule has 0 amide bonds. The molecule has 1 saturated heterocycles. The SMILES string of the molecule is CN=C(NCCCN1CCCN(C)CC1)NCCOC.I. The normalized spacial score (nSPS) is 18.0. The first kappa shape index (κ1) is 20.9. The van der Waals surface area contributed by atoms with Gasteiger partial charge in [-0.2, -0.15) is 0 Å². The molecule has 1 heterocycles. The molecule has 1 fully saturated rings. The van der Waals surface area contributed by atoms with Gasteiger partial charge in [-0.1, -0.05) is 0 Å². The zero-order valence-corrected chi connectivity index (χ0v) is 16.1. The minimum Gasteiger partial charge on any atom is -0.383 e. The molecule has 0 unspecified atom stereocenters. The van der Waals surface area contributed by atoms with Crippen LogP contribution in [0.15, 0.2) is 4.99 Å². The van der Waals surface area contributed by atoms with Gasteiger partial charge in [-0.15, -0.1) is 24.0 Å². The van der Waals surface area contributed by atoms with Crippen LogP contribution in [0.5, 0.6) is 0 Å². The summed E-state index contributed by atoms with van der Waals surface area (Å²) < 4.78 is 5.01. The average Bonchev–Trinajstić information content (AvgIpc) is 2.66. The van der Waals surface area contributed by atoms with Crippen molar-refractivity contribution in [1.29, 1.82) is 0 Å². The van der Waals surface area contributed by atoms with Crippen LogP contribution in [-0.4, -0.2) is 89.4 Å². The Bertz CT molecular complexity index is 278. The number of rotatable bonds is 7. The third kappa shape index (κ3) is 10.3. The molecule has 2 N–H and O–H groups in total. The van der Waals surface area contributed by atoms with Gasteiger partial charge in [0.25, 0.3) is 0 Å². The van der Waals surface area contributed by atoms with Crippen molar-refractivity contribution >= 4 is 29.9 Å². The Kier molecular flexibility index (Phi) is 13.5. The Labute approximate surface area is 146 Å². The van der Waals surface area contributed by atoms with Crippen LogP contribution >= 0.6 is 24.0 Å². The second-order valence-electron chi connectivity index (χ2n) is 5.27. The lowest BCUT2D eigenvalue weighted by molar-refractivity contribution is 0.203. The minimum absolute atomic E-state index is 0. The van der Waals surface area contributed by atoms with E-state index in [4.69, 9.17) is 4.74 Å². The summed E-state index contributed by atoms with van der Waals surface area (Å²) in [5.74, 6) is 0.859. The van der Waals surface area contributed by atoms with E-state index in [1.807, 2.05) is 0 Å². The number of guanidine groups is 1. The molecule has 0 saturated carbocycles. The summed E-state index contributed by atoms with van der Waals surface area (Å²) in [6, 6.07) is 0. The fraction of sp³-hybridized carbons (Fsp3) is 0.929. The van der Waals surface area contributed by atoms with Gasteiger partial charge in [-0.25, -0.2) is 0 Å². The number of hydrogen-bond acceptors (Lipinski definition) is 4. The smallest absolute Gasteiger partial charge is 0.191 e. The Morgan fingerprint density at radius 1 is 1.14 bits per heavy atom. The van der Waals surface area contributed by atoms with Gasteiger partial charge in [0.15, 0.2) is 5.96 Å². The van der Waals surface area contributed by atoms with E-state index < -0.39 is 0 Å². The van der Waals surface area contributed by atoms with Crippen LogP contribution in [0.25, 0.3) is 0 Å². The van der Waals surface area contributed by atoms with Gasteiger partial charge in [-0.05, 0) is 39.5 Å². The third-order valence-electron chi connectivity index (χ3n) is 3.58. The Hall–Kier alpha value is -0.120. The standard InChI is InChI=1S/C14H31N5O.HI/c1-15-14(17-7-13-20-3)16-6-4-9-19-10-5-8-18(2)11-12-19;/h4-13H2,1-3H3,(H2,15,16,17);1H. The molecule has 1 rings (SSSR count). The van der Waals surface area contributed by atoms with Crippen LogP contribution in [0.1, 0.15) is 12.8 Å². The van der Waals surface area contributed by atoms with Crippen molar-refractivity contribution in [2.24, 2.45) is 4.99 Å². The molecule has 1 aliphatic rings. The Balaban J connectivity index is 0.00000400. The number of halogens is 1. The van der Waals surface area contributed by atoms with Crippen molar-refractivity contribution in [3.8, 4) is 0 Å². The van der Waals surface area contributed by atoms with Crippen LogP contribution in [0.4, 0.5) is 0 Å². The highest BCUT2D eigenvalue weighted by molar-refractivity contribution is 14.0. The van der Waals surface area contributed by atoms with E-state index in [0.29, 0.717) is 6.61 Å². The molecule has 21 heavy (non-hydrogen) atoms. The predicted octanol–water partition coefficient (Wildman–Crippen LogP) is 0.443. The highest BCUT2D eigenvalue weighted by atomic mass is 127. The van der Waals surface area contributed by atoms with Crippen molar-refractivity contribution < 1.29 is 4.74 Å². The maximum Gasteiger partial charge on any atom is 0.191 e. The van der Waals surface area contributed by atoms with E-state index in [9.17, 15) is 0 Å². The number of likely N-dealkylation sites (N-methyl/N-ethyl adjacent to an activating group) is 1. The molecule has 0 aliphatic carbocycles. The second kappa shape index (κ2) is 13.5. The average molecular weight is 413 g/mol. The zero-order chi connectivity index (χ0) is 14.6. The monoisotopic (exact) mass is 413 g/mol. The van der Waals surface area contributed by atoms with Crippen molar-refractivity contribution in [1.82, 2.24) is 20.4 Å². The number of aliphatic imine (C=N–C) groups is 1.